The maximum atomic E-state index is 11.0. The Bertz CT molecular complexity index is 272. The first-order chi connectivity index (χ1) is 7.33. The fraction of sp³-hybridized carbons (Fsp3) is 0.600. The molecule has 0 aliphatic carbocycles. The molecule has 0 fully saturated rings. The smallest absolute Gasteiger partial charge is 0.307 e. The number of rotatable bonds is 7. The van der Waals surface area contributed by atoms with Crippen LogP contribution in [0, 0.1) is 0 Å². The van der Waals surface area contributed by atoms with Gasteiger partial charge < -0.3 is 15.0 Å². The van der Waals surface area contributed by atoms with Gasteiger partial charge in [-0.25, -0.2) is 4.98 Å². The lowest BCUT2D eigenvalue weighted by Gasteiger charge is -2.03. The summed E-state index contributed by atoms with van der Waals surface area (Å²) in [6.45, 7) is 3.74. The first-order valence-electron chi connectivity index (χ1n) is 5.17. The number of ether oxygens (including phenoxy) is 1. The number of esters is 1. The van der Waals surface area contributed by atoms with Crippen molar-refractivity contribution in [2.75, 3.05) is 19.7 Å². The van der Waals surface area contributed by atoms with Gasteiger partial charge in [0.2, 0.25) is 0 Å². The number of imidazole rings is 1. The largest absolute Gasteiger partial charge is 0.466 e. The van der Waals surface area contributed by atoms with Crippen LogP contribution in [-0.2, 0) is 16.0 Å². The van der Waals surface area contributed by atoms with Gasteiger partial charge in [0, 0.05) is 25.7 Å². The lowest BCUT2D eigenvalue weighted by atomic mass is 10.3. The molecule has 0 spiro atoms. The Morgan fingerprint density at radius 2 is 2.47 bits per heavy atom. The summed E-state index contributed by atoms with van der Waals surface area (Å²) < 4.78 is 4.80. The third kappa shape index (κ3) is 5.17. The summed E-state index contributed by atoms with van der Waals surface area (Å²) in [6.07, 6.45) is 4.82. The van der Waals surface area contributed by atoms with E-state index in [2.05, 4.69) is 15.3 Å². The lowest BCUT2D eigenvalue weighted by Crippen LogP contribution is -2.21. The predicted molar refractivity (Wildman–Crippen MR) is 56.4 cm³/mol. The normalized spacial score (nSPS) is 10.2. The number of nitrogens with zero attached hydrogens (tertiary/aromatic N) is 1. The number of aromatic nitrogens is 2. The number of carbonyl (C=O) groups excluding carboxylic acids is 1. The van der Waals surface area contributed by atoms with E-state index in [1.165, 1.54) is 0 Å². The number of nitrogens with one attached hydrogen (secondary N) is 2. The molecule has 0 aliphatic heterocycles. The third-order valence-corrected chi connectivity index (χ3v) is 1.92. The highest BCUT2D eigenvalue weighted by Crippen LogP contribution is 1.90. The maximum Gasteiger partial charge on any atom is 0.307 e. The van der Waals surface area contributed by atoms with E-state index in [9.17, 15) is 4.79 Å². The van der Waals surface area contributed by atoms with Crippen LogP contribution in [0.25, 0.3) is 0 Å². The highest BCUT2D eigenvalue weighted by molar-refractivity contribution is 5.69. The van der Waals surface area contributed by atoms with Crippen molar-refractivity contribution in [3.8, 4) is 0 Å². The maximum absolute atomic E-state index is 11.0. The lowest BCUT2D eigenvalue weighted by molar-refractivity contribution is -0.142. The fourth-order valence-electron chi connectivity index (χ4n) is 1.19. The van der Waals surface area contributed by atoms with E-state index in [-0.39, 0.29) is 5.97 Å². The Morgan fingerprint density at radius 1 is 1.60 bits per heavy atom. The molecular formula is C10H17N3O2. The van der Waals surface area contributed by atoms with Gasteiger partial charge in [0.05, 0.1) is 25.0 Å². The molecule has 0 aliphatic rings. The topological polar surface area (TPSA) is 67.0 Å². The van der Waals surface area contributed by atoms with Gasteiger partial charge in [-0.3, -0.25) is 4.79 Å². The minimum Gasteiger partial charge on any atom is -0.466 e. The molecule has 1 aromatic heterocycles. The van der Waals surface area contributed by atoms with Crippen LogP contribution in [-0.4, -0.2) is 35.6 Å². The summed E-state index contributed by atoms with van der Waals surface area (Å²) in [5, 5.41) is 3.16. The second-order valence-electron chi connectivity index (χ2n) is 3.12. The summed E-state index contributed by atoms with van der Waals surface area (Å²) in [6, 6.07) is 0. The van der Waals surface area contributed by atoms with Gasteiger partial charge in [0.1, 0.15) is 0 Å². The number of hydrogen-bond donors (Lipinski definition) is 2. The molecule has 0 unspecified atom stereocenters. The Labute approximate surface area is 89.2 Å². The zero-order chi connectivity index (χ0) is 10.9. The molecule has 0 atom stereocenters. The minimum atomic E-state index is -0.148. The molecule has 84 valence electrons. The molecule has 0 bridgehead atoms. The van der Waals surface area contributed by atoms with Crippen LogP contribution in [0.3, 0.4) is 0 Å². The molecule has 0 saturated heterocycles. The zero-order valence-electron chi connectivity index (χ0n) is 8.95. The predicted octanol–water partition coefficient (Wildman–Crippen LogP) is 0.495. The van der Waals surface area contributed by atoms with Crippen LogP contribution in [0.2, 0.25) is 0 Å². The van der Waals surface area contributed by atoms with Crippen molar-refractivity contribution in [3.63, 3.8) is 0 Å². The van der Waals surface area contributed by atoms with Crippen molar-refractivity contribution in [2.24, 2.45) is 0 Å². The standard InChI is InChI=1S/C10H17N3O2/c1-2-15-10(14)4-6-11-5-3-9-7-12-8-13-9/h7-8,11H,2-6H2,1H3,(H,12,13). The Kier molecular flexibility index (Phi) is 5.47. The van der Waals surface area contributed by atoms with Crippen LogP contribution < -0.4 is 5.32 Å². The number of H-pyrrole nitrogens is 1. The van der Waals surface area contributed by atoms with Crippen LogP contribution in [0.5, 0.6) is 0 Å². The molecule has 1 rings (SSSR count). The van der Waals surface area contributed by atoms with Crippen LogP contribution in [0.4, 0.5) is 0 Å². The first-order valence-corrected chi connectivity index (χ1v) is 5.17. The van der Waals surface area contributed by atoms with Gasteiger partial charge in [0.25, 0.3) is 0 Å². The van der Waals surface area contributed by atoms with Crippen molar-refractivity contribution < 1.29 is 9.53 Å². The van der Waals surface area contributed by atoms with E-state index in [1.807, 2.05) is 13.1 Å². The highest BCUT2D eigenvalue weighted by Gasteiger charge is 2.00. The van der Waals surface area contributed by atoms with Gasteiger partial charge in [0.15, 0.2) is 0 Å². The fourth-order valence-corrected chi connectivity index (χ4v) is 1.19. The average Bonchev–Trinajstić information content (AvgIpc) is 2.70. The number of carbonyl (C=O) groups is 1. The SMILES string of the molecule is CCOC(=O)CCNCCc1c[nH]cn1. The summed E-state index contributed by atoms with van der Waals surface area (Å²) in [4.78, 5) is 17.9. The molecule has 5 nitrogen and oxygen atoms in total. The van der Waals surface area contributed by atoms with Gasteiger partial charge in [-0.2, -0.15) is 0 Å². The molecule has 2 N–H and O–H groups in total. The summed E-state index contributed by atoms with van der Waals surface area (Å²) in [5.41, 5.74) is 1.03. The molecule has 0 amide bonds. The molecule has 1 heterocycles. The summed E-state index contributed by atoms with van der Waals surface area (Å²) >= 11 is 0. The molecule has 0 radical (unpaired) electrons. The van der Waals surface area contributed by atoms with Crippen molar-refractivity contribution in [2.45, 2.75) is 19.8 Å². The molecule has 5 heteroatoms. The van der Waals surface area contributed by atoms with Gasteiger partial charge in [-0.1, -0.05) is 0 Å². The average molecular weight is 211 g/mol. The van der Waals surface area contributed by atoms with Gasteiger partial charge in [-0.15, -0.1) is 0 Å². The van der Waals surface area contributed by atoms with Crippen LogP contribution in [0.15, 0.2) is 12.5 Å². The van der Waals surface area contributed by atoms with E-state index in [0.717, 1.165) is 18.7 Å². The molecule has 15 heavy (non-hydrogen) atoms. The van der Waals surface area contributed by atoms with Crippen molar-refractivity contribution in [1.82, 2.24) is 15.3 Å². The van der Waals surface area contributed by atoms with Crippen molar-refractivity contribution in [3.05, 3.63) is 18.2 Å². The quantitative estimate of drug-likeness (QED) is 0.509. The first kappa shape index (κ1) is 11.7. The van der Waals surface area contributed by atoms with Crippen LogP contribution in [0.1, 0.15) is 19.0 Å². The van der Waals surface area contributed by atoms with Gasteiger partial charge in [-0.05, 0) is 6.92 Å². The van der Waals surface area contributed by atoms with E-state index >= 15 is 0 Å². The molecule has 0 aromatic carbocycles. The Balaban J connectivity index is 1.95. The summed E-state index contributed by atoms with van der Waals surface area (Å²) in [7, 11) is 0. The van der Waals surface area contributed by atoms with Gasteiger partial charge >= 0.3 is 5.97 Å². The Hall–Kier alpha value is -1.36. The minimum absolute atomic E-state index is 0.148. The van der Waals surface area contributed by atoms with Crippen molar-refractivity contribution >= 4 is 5.97 Å². The van der Waals surface area contributed by atoms with E-state index in [0.29, 0.717) is 19.6 Å². The van der Waals surface area contributed by atoms with Crippen LogP contribution >= 0.6 is 0 Å². The highest BCUT2D eigenvalue weighted by atomic mass is 16.5. The second-order valence-corrected chi connectivity index (χ2v) is 3.12. The number of aromatic amines is 1. The van der Waals surface area contributed by atoms with E-state index in [1.54, 1.807) is 6.33 Å². The van der Waals surface area contributed by atoms with Crippen molar-refractivity contribution in [1.29, 1.82) is 0 Å². The molecule has 0 saturated carbocycles. The van der Waals surface area contributed by atoms with E-state index < -0.39 is 0 Å². The third-order valence-electron chi connectivity index (χ3n) is 1.92. The number of hydrogen-bond acceptors (Lipinski definition) is 4. The molecule has 1 aromatic rings. The zero-order valence-corrected chi connectivity index (χ0v) is 8.95. The summed E-state index contributed by atoms with van der Waals surface area (Å²) in [5.74, 6) is -0.148. The Morgan fingerprint density at radius 3 is 3.13 bits per heavy atom. The second kappa shape index (κ2) is 7.00. The molecular weight excluding hydrogens is 194 g/mol. The van der Waals surface area contributed by atoms with E-state index in [4.69, 9.17) is 4.74 Å². The monoisotopic (exact) mass is 211 g/mol.